The Labute approximate surface area is 76.5 Å². The molecule has 13 heavy (non-hydrogen) atoms. The maximum atomic E-state index is 12.3. The van der Waals surface area contributed by atoms with Crippen LogP contribution in [0.25, 0.3) is 0 Å². The monoisotopic (exact) mass is 213 g/mol. The summed E-state index contributed by atoms with van der Waals surface area (Å²) in [6.45, 7) is -0.465. The molecule has 0 spiro atoms. The Balaban J connectivity index is 2.87. The van der Waals surface area contributed by atoms with Gasteiger partial charge in [-0.05, 0) is 11.6 Å². The van der Waals surface area contributed by atoms with E-state index in [9.17, 15) is 8.78 Å². The number of alkyl halides is 3. The molecule has 0 saturated carbocycles. The van der Waals surface area contributed by atoms with Gasteiger partial charge in [0.1, 0.15) is 0 Å². The molecule has 74 valence electrons. The zero-order chi connectivity index (χ0) is 10.1. The van der Waals surface area contributed by atoms with Crippen molar-refractivity contribution in [2.24, 2.45) is 5.73 Å². The highest BCUT2D eigenvalue weighted by molar-refractivity contribution is 6.21. The topological polar surface area (TPSA) is 85.2 Å². The average Bonchev–Trinajstić information content (AvgIpc) is 2.50. The van der Waals surface area contributed by atoms with E-state index in [4.69, 9.17) is 10.8 Å². The first kappa shape index (κ1) is 10.3. The van der Waals surface area contributed by atoms with E-state index in [1.54, 1.807) is 0 Å². The first-order chi connectivity index (χ1) is 5.95. The summed E-state index contributed by atoms with van der Waals surface area (Å²) in [6, 6.07) is -0.948. The van der Waals surface area contributed by atoms with Gasteiger partial charge in [-0.3, -0.25) is 0 Å². The summed E-state index contributed by atoms with van der Waals surface area (Å²) in [5.41, 5.74) is 5.23. The Bertz CT molecular complexity index is 288. The van der Waals surface area contributed by atoms with Crippen molar-refractivity contribution in [3.63, 3.8) is 0 Å². The van der Waals surface area contributed by atoms with E-state index < -0.39 is 23.9 Å². The predicted molar refractivity (Wildman–Crippen MR) is 38.1 cm³/mol. The molecular formula is C5H6ClF2N3O2. The molecule has 0 saturated heterocycles. The van der Waals surface area contributed by atoms with E-state index in [1.807, 2.05) is 0 Å². The minimum absolute atomic E-state index is 0.210. The highest BCUT2D eigenvalue weighted by Crippen LogP contribution is 2.30. The van der Waals surface area contributed by atoms with Crippen LogP contribution in [-0.4, -0.2) is 21.9 Å². The van der Waals surface area contributed by atoms with Crippen LogP contribution in [0.4, 0.5) is 8.78 Å². The summed E-state index contributed by atoms with van der Waals surface area (Å²) in [6.07, 6.45) is 0. The van der Waals surface area contributed by atoms with Gasteiger partial charge in [0.05, 0.1) is 12.6 Å². The molecule has 1 aromatic rings. The van der Waals surface area contributed by atoms with E-state index in [1.165, 1.54) is 0 Å². The lowest BCUT2D eigenvalue weighted by Gasteiger charge is -2.00. The lowest BCUT2D eigenvalue weighted by atomic mass is 10.3. The maximum absolute atomic E-state index is 12.3. The van der Waals surface area contributed by atoms with E-state index in [0.29, 0.717) is 0 Å². The molecule has 0 fully saturated rings. The van der Waals surface area contributed by atoms with Gasteiger partial charge >= 0.3 is 11.3 Å². The first-order valence-electron chi connectivity index (χ1n) is 3.22. The fourth-order valence-electron chi connectivity index (χ4n) is 0.582. The predicted octanol–water partition coefficient (Wildman–Crippen LogP) is 0.350. The number of nitrogens with zero attached hydrogens (tertiary/aromatic N) is 2. The van der Waals surface area contributed by atoms with Crippen molar-refractivity contribution in [1.29, 1.82) is 0 Å². The Kier molecular flexibility index (Phi) is 2.79. The third-order valence-corrected chi connectivity index (χ3v) is 1.37. The zero-order valence-electron chi connectivity index (χ0n) is 6.25. The van der Waals surface area contributed by atoms with E-state index in [2.05, 4.69) is 26.3 Å². The summed E-state index contributed by atoms with van der Waals surface area (Å²) in [5.74, 6) is -1.24. The largest absolute Gasteiger partial charge is 0.400 e. The lowest BCUT2D eigenvalue weighted by Crippen LogP contribution is -2.16. The SMILES string of the molecule is NC(CO)c1noc(C(F)(F)Cl)n1. The molecule has 0 aliphatic rings. The minimum Gasteiger partial charge on any atom is -0.394 e. The van der Waals surface area contributed by atoms with Gasteiger partial charge in [-0.25, -0.2) is 0 Å². The van der Waals surface area contributed by atoms with Crippen LogP contribution in [-0.2, 0) is 5.38 Å². The molecule has 0 aliphatic carbocycles. The van der Waals surface area contributed by atoms with Crippen LogP contribution in [0.1, 0.15) is 17.8 Å². The summed E-state index contributed by atoms with van der Waals surface area (Å²) < 4.78 is 28.7. The first-order valence-corrected chi connectivity index (χ1v) is 3.60. The molecule has 1 atom stereocenters. The standard InChI is InChI=1S/C5H6ClF2N3O2/c6-5(7,8)4-10-3(11-13-4)2(9)1-12/h2,12H,1,9H2. The van der Waals surface area contributed by atoms with E-state index in [-0.39, 0.29) is 5.82 Å². The van der Waals surface area contributed by atoms with Crippen molar-refractivity contribution in [2.45, 2.75) is 11.4 Å². The summed E-state index contributed by atoms with van der Waals surface area (Å²) in [5, 5.41) is 7.94. The molecule has 0 aliphatic heterocycles. The number of aliphatic hydroxyl groups excluding tert-OH is 1. The number of halogens is 3. The molecular weight excluding hydrogens is 208 g/mol. The second kappa shape index (κ2) is 3.52. The fraction of sp³-hybridized carbons (Fsp3) is 0.600. The number of hydrogen-bond donors (Lipinski definition) is 2. The molecule has 1 unspecified atom stereocenters. The third-order valence-electron chi connectivity index (χ3n) is 1.21. The van der Waals surface area contributed by atoms with Crippen LogP contribution in [0.3, 0.4) is 0 Å². The molecule has 1 rings (SSSR count). The Hall–Kier alpha value is -0.790. The average molecular weight is 214 g/mol. The molecule has 5 nitrogen and oxygen atoms in total. The van der Waals surface area contributed by atoms with Gasteiger partial charge in [0.2, 0.25) is 0 Å². The van der Waals surface area contributed by atoms with E-state index >= 15 is 0 Å². The number of rotatable bonds is 3. The molecule has 0 bridgehead atoms. The van der Waals surface area contributed by atoms with Crippen LogP contribution in [0.2, 0.25) is 0 Å². The van der Waals surface area contributed by atoms with Gasteiger partial charge in [0, 0.05) is 0 Å². The van der Waals surface area contributed by atoms with Crippen LogP contribution < -0.4 is 5.73 Å². The molecule has 3 N–H and O–H groups in total. The van der Waals surface area contributed by atoms with Crippen LogP contribution in [0.5, 0.6) is 0 Å². The molecule has 8 heteroatoms. The van der Waals surface area contributed by atoms with Crippen LogP contribution in [0.15, 0.2) is 4.52 Å². The maximum Gasteiger partial charge on any atom is 0.400 e. The smallest absolute Gasteiger partial charge is 0.394 e. The van der Waals surface area contributed by atoms with Crippen molar-refractivity contribution in [2.75, 3.05) is 6.61 Å². The summed E-state index contributed by atoms with van der Waals surface area (Å²) in [4.78, 5) is 3.21. The molecule has 1 heterocycles. The molecule has 1 aromatic heterocycles. The molecule has 0 radical (unpaired) electrons. The van der Waals surface area contributed by atoms with Gasteiger partial charge in [0.15, 0.2) is 5.82 Å². The summed E-state index contributed by atoms with van der Waals surface area (Å²) >= 11 is 4.59. The van der Waals surface area contributed by atoms with Gasteiger partial charge in [0.25, 0.3) is 0 Å². The van der Waals surface area contributed by atoms with E-state index in [0.717, 1.165) is 0 Å². The number of hydrogen-bond acceptors (Lipinski definition) is 5. The van der Waals surface area contributed by atoms with Crippen molar-refractivity contribution >= 4 is 11.6 Å². The van der Waals surface area contributed by atoms with Crippen molar-refractivity contribution in [1.82, 2.24) is 10.1 Å². The Morgan fingerprint density at radius 2 is 2.31 bits per heavy atom. The van der Waals surface area contributed by atoms with Crippen molar-refractivity contribution in [3.05, 3.63) is 11.7 Å². The second-order valence-corrected chi connectivity index (χ2v) is 2.72. The second-order valence-electron chi connectivity index (χ2n) is 2.24. The van der Waals surface area contributed by atoms with Crippen molar-refractivity contribution < 1.29 is 18.4 Å². The van der Waals surface area contributed by atoms with Gasteiger partial charge in [-0.2, -0.15) is 13.8 Å². The third kappa shape index (κ3) is 2.33. The van der Waals surface area contributed by atoms with Gasteiger partial charge in [-0.1, -0.05) is 5.16 Å². The van der Waals surface area contributed by atoms with Gasteiger partial charge < -0.3 is 15.4 Å². The minimum atomic E-state index is -3.71. The number of aliphatic hydroxyl groups is 1. The quantitative estimate of drug-likeness (QED) is 0.708. The Morgan fingerprint density at radius 3 is 2.69 bits per heavy atom. The van der Waals surface area contributed by atoms with Crippen LogP contribution >= 0.6 is 11.6 Å². The molecule has 0 aromatic carbocycles. The summed E-state index contributed by atoms with van der Waals surface area (Å²) in [7, 11) is 0. The normalized spacial score (nSPS) is 14.5. The van der Waals surface area contributed by atoms with Crippen molar-refractivity contribution in [3.8, 4) is 0 Å². The molecule has 0 amide bonds. The van der Waals surface area contributed by atoms with Gasteiger partial charge in [-0.15, -0.1) is 0 Å². The number of aromatic nitrogens is 2. The van der Waals surface area contributed by atoms with Crippen LogP contribution in [0, 0.1) is 0 Å². The highest BCUT2D eigenvalue weighted by atomic mass is 35.5. The fourth-order valence-corrected chi connectivity index (χ4v) is 0.659. The Morgan fingerprint density at radius 1 is 1.69 bits per heavy atom. The number of nitrogens with two attached hydrogens (primary N) is 1. The highest BCUT2D eigenvalue weighted by Gasteiger charge is 2.36. The zero-order valence-corrected chi connectivity index (χ0v) is 7.00. The lowest BCUT2D eigenvalue weighted by molar-refractivity contribution is 0.0550.